The molecule has 1 aromatic heterocycles. The SMILES string of the molecule is CC(C)CC(=O)N(CC(=O)N1CCc2sccc2[C@@H]1COc1ccc(C(C)C)cc1)CC(C)C. The standard InChI is InChI=1S/C28H40N2O3S/c1-19(2)15-27(31)29(16-20(3)4)17-28(32)30-13-11-26-24(12-14-34-26)25(30)18-33-23-9-7-22(8-10-23)21(5)6/h7-10,12,14,19-21,25H,11,13,15-18H2,1-6H3/t25-/m0/s1. The van der Waals surface area contributed by atoms with Crippen LogP contribution in [0.2, 0.25) is 0 Å². The van der Waals surface area contributed by atoms with Gasteiger partial charge in [-0.3, -0.25) is 9.59 Å². The van der Waals surface area contributed by atoms with Crippen LogP contribution in [0.25, 0.3) is 0 Å². The number of fused-ring (bicyclic) bond motifs is 1. The number of rotatable bonds is 10. The minimum atomic E-state index is -0.145. The second-order valence-electron chi connectivity index (χ2n) is 10.5. The molecule has 2 amide bonds. The van der Waals surface area contributed by atoms with Crippen molar-refractivity contribution in [1.29, 1.82) is 0 Å². The third kappa shape index (κ3) is 6.84. The third-order valence-electron chi connectivity index (χ3n) is 6.22. The summed E-state index contributed by atoms with van der Waals surface area (Å²) in [5, 5.41) is 2.10. The van der Waals surface area contributed by atoms with E-state index in [-0.39, 0.29) is 30.3 Å². The highest BCUT2D eigenvalue weighted by atomic mass is 32.1. The molecular weight excluding hydrogens is 444 g/mol. The topological polar surface area (TPSA) is 49.9 Å². The van der Waals surface area contributed by atoms with Crippen molar-refractivity contribution >= 4 is 23.2 Å². The minimum absolute atomic E-state index is 0.00152. The summed E-state index contributed by atoms with van der Waals surface area (Å²) in [7, 11) is 0. The highest BCUT2D eigenvalue weighted by molar-refractivity contribution is 7.10. The van der Waals surface area contributed by atoms with E-state index in [4.69, 9.17) is 4.74 Å². The maximum atomic E-state index is 13.5. The maximum Gasteiger partial charge on any atom is 0.242 e. The molecule has 0 radical (unpaired) electrons. The first kappa shape index (κ1) is 26.3. The zero-order valence-electron chi connectivity index (χ0n) is 21.5. The molecule has 34 heavy (non-hydrogen) atoms. The molecule has 0 aliphatic carbocycles. The molecule has 0 saturated heterocycles. The lowest BCUT2D eigenvalue weighted by molar-refractivity contribution is -0.143. The van der Waals surface area contributed by atoms with Crippen LogP contribution in [0.5, 0.6) is 5.75 Å². The second kappa shape index (κ2) is 11.9. The van der Waals surface area contributed by atoms with Crippen molar-refractivity contribution in [2.24, 2.45) is 11.8 Å². The molecule has 0 saturated carbocycles. The zero-order valence-corrected chi connectivity index (χ0v) is 22.4. The second-order valence-corrected chi connectivity index (χ2v) is 11.5. The van der Waals surface area contributed by atoms with Gasteiger partial charge in [0, 0.05) is 24.4 Å². The van der Waals surface area contributed by atoms with Gasteiger partial charge in [-0.1, -0.05) is 53.7 Å². The minimum Gasteiger partial charge on any atom is -0.491 e. The molecule has 2 heterocycles. The monoisotopic (exact) mass is 484 g/mol. The Balaban J connectivity index is 1.75. The summed E-state index contributed by atoms with van der Waals surface area (Å²) in [6.45, 7) is 14.4. The van der Waals surface area contributed by atoms with E-state index in [0.29, 0.717) is 38.0 Å². The average Bonchev–Trinajstić information content (AvgIpc) is 3.25. The quantitative estimate of drug-likeness (QED) is 0.421. The first-order valence-electron chi connectivity index (χ1n) is 12.5. The lowest BCUT2D eigenvalue weighted by Crippen LogP contribution is -2.48. The summed E-state index contributed by atoms with van der Waals surface area (Å²) in [5.41, 5.74) is 2.45. The van der Waals surface area contributed by atoms with Crippen LogP contribution >= 0.6 is 11.3 Å². The molecule has 6 heteroatoms. The van der Waals surface area contributed by atoms with Gasteiger partial charge in [0.2, 0.25) is 11.8 Å². The van der Waals surface area contributed by atoms with E-state index in [9.17, 15) is 9.59 Å². The van der Waals surface area contributed by atoms with Crippen LogP contribution < -0.4 is 4.74 Å². The van der Waals surface area contributed by atoms with Gasteiger partial charge in [0.25, 0.3) is 0 Å². The third-order valence-corrected chi connectivity index (χ3v) is 7.21. The lowest BCUT2D eigenvalue weighted by atomic mass is 10.00. The van der Waals surface area contributed by atoms with E-state index in [1.54, 1.807) is 16.2 Å². The fraction of sp³-hybridized carbons (Fsp3) is 0.571. The van der Waals surface area contributed by atoms with E-state index < -0.39 is 0 Å². The molecule has 186 valence electrons. The molecule has 2 aromatic rings. The summed E-state index contributed by atoms with van der Waals surface area (Å²) < 4.78 is 6.19. The van der Waals surface area contributed by atoms with Gasteiger partial charge in [0.1, 0.15) is 12.4 Å². The molecule has 0 fully saturated rings. The van der Waals surface area contributed by atoms with Crippen LogP contribution in [0.1, 0.15) is 75.9 Å². The summed E-state index contributed by atoms with van der Waals surface area (Å²) in [5.74, 6) is 1.92. The van der Waals surface area contributed by atoms with Gasteiger partial charge in [-0.05, 0) is 58.9 Å². The predicted molar refractivity (Wildman–Crippen MR) is 139 cm³/mol. The maximum absolute atomic E-state index is 13.5. The molecule has 1 atom stereocenters. The molecule has 0 unspecified atom stereocenters. The number of carbonyl (C=O) groups is 2. The van der Waals surface area contributed by atoms with Gasteiger partial charge < -0.3 is 14.5 Å². The molecule has 1 aromatic carbocycles. The predicted octanol–water partition coefficient (Wildman–Crippen LogP) is 5.91. The van der Waals surface area contributed by atoms with Crippen molar-refractivity contribution in [2.75, 3.05) is 26.2 Å². The smallest absolute Gasteiger partial charge is 0.242 e. The Morgan fingerprint density at radius 3 is 2.38 bits per heavy atom. The van der Waals surface area contributed by atoms with Gasteiger partial charge in [0.15, 0.2) is 0 Å². The summed E-state index contributed by atoms with van der Waals surface area (Å²) in [6.07, 6.45) is 1.32. The van der Waals surface area contributed by atoms with Gasteiger partial charge in [-0.2, -0.15) is 0 Å². The Bertz CT molecular complexity index is 949. The average molecular weight is 485 g/mol. The normalized spacial score (nSPS) is 15.7. The van der Waals surface area contributed by atoms with E-state index in [2.05, 4.69) is 51.3 Å². The van der Waals surface area contributed by atoms with Crippen molar-refractivity contribution in [3.63, 3.8) is 0 Å². The fourth-order valence-corrected chi connectivity index (χ4v) is 5.35. The number of hydrogen-bond acceptors (Lipinski definition) is 4. The highest BCUT2D eigenvalue weighted by Gasteiger charge is 2.33. The van der Waals surface area contributed by atoms with Gasteiger partial charge in [-0.25, -0.2) is 0 Å². The van der Waals surface area contributed by atoms with Crippen LogP contribution in [-0.2, 0) is 16.0 Å². The molecule has 1 aliphatic heterocycles. The number of amides is 2. The summed E-state index contributed by atoms with van der Waals surface area (Å²) >= 11 is 1.75. The number of benzene rings is 1. The number of thiophene rings is 1. The Morgan fingerprint density at radius 2 is 1.76 bits per heavy atom. The van der Waals surface area contributed by atoms with Crippen LogP contribution in [0.15, 0.2) is 35.7 Å². The van der Waals surface area contributed by atoms with E-state index >= 15 is 0 Å². The number of carbonyl (C=O) groups excluding carboxylic acids is 2. The zero-order chi connectivity index (χ0) is 24.8. The van der Waals surface area contributed by atoms with Crippen molar-refractivity contribution in [2.45, 2.75) is 66.3 Å². The first-order valence-corrected chi connectivity index (χ1v) is 13.4. The summed E-state index contributed by atoms with van der Waals surface area (Å²) in [6, 6.07) is 10.2. The highest BCUT2D eigenvalue weighted by Crippen LogP contribution is 2.34. The van der Waals surface area contributed by atoms with E-state index in [1.807, 2.05) is 30.9 Å². The summed E-state index contributed by atoms with van der Waals surface area (Å²) in [4.78, 5) is 31.4. The molecule has 1 aliphatic rings. The lowest BCUT2D eigenvalue weighted by Gasteiger charge is -2.37. The Labute approximate surface area is 209 Å². The van der Waals surface area contributed by atoms with Gasteiger partial charge in [-0.15, -0.1) is 11.3 Å². The molecule has 3 rings (SSSR count). The molecule has 0 N–H and O–H groups in total. The van der Waals surface area contributed by atoms with Crippen molar-refractivity contribution in [3.05, 3.63) is 51.7 Å². The number of nitrogens with zero attached hydrogens (tertiary/aromatic N) is 2. The van der Waals surface area contributed by atoms with E-state index in [1.165, 1.54) is 16.0 Å². The Morgan fingerprint density at radius 1 is 1.06 bits per heavy atom. The van der Waals surface area contributed by atoms with Crippen LogP contribution in [-0.4, -0.2) is 47.9 Å². The van der Waals surface area contributed by atoms with E-state index in [0.717, 1.165) is 12.2 Å². The van der Waals surface area contributed by atoms with Crippen molar-refractivity contribution in [3.8, 4) is 5.75 Å². The molecule has 5 nitrogen and oxygen atoms in total. The molecule has 0 bridgehead atoms. The molecule has 0 spiro atoms. The fourth-order valence-electron chi connectivity index (χ4n) is 4.43. The number of ether oxygens (including phenoxy) is 1. The van der Waals surface area contributed by atoms with Crippen LogP contribution in [0.3, 0.4) is 0 Å². The molecular formula is C28H40N2O3S. The van der Waals surface area contributed by atoms with Crippen LogP contribution in [0.4, 0.5) is 0 Å². The van der Waals surface area contributed by atoms with Gasteiger partial charge in [0.05, 0.1) is 12.6 Å². The Kier molecular flexibility index (Phi) is 9.17. The number of hydrogen-bond donors (Lipinski definition) is 0. The van der Waals surface area contributed by atoms with Crippen molar-refractivity contribution < 1.29 is 14.3 Å². The van der Waals surface area contributed by atoms with Crippen molar-refractivity contribution in [1.82, 2.24) is 9.80 Å². The van der Waals surface area contributed by atoms with Gasteiger partial charge >= 0.3 is 0 Å². The van der Waals surface area contributed by atoms with Crippen LogP contribution in [0, 0.1) is 11.8 Å². The first-order chi connectivity index (χ1) is 16.2. The Hall–Kier alpha value is -2.34. The largest absolute Gasteiger partial charge is 0.491 e.